The number of carbonyl (C=O) groups excluding carboxylic acids is 2. The van der Waals surface area contributed by atoms with Gasteiger partial charge in [0.05, 0.1) is 16.7 Å². The summed E-state index contributed by atoms with van der Waals surface area (Å²) in [6.45, 7) is 5.52. The Balaban J connectivity index is 2.53. The molecule has 0 bridgehead atoms. The average Bonchev–Trinajstić information content (AvgIpc) is 2.62. The highest BCUT2D eigenvalue weighted by Gasteiger charge is 2.43. The zero-order valence-corrected chi connectivity index (χ0v) is 11.1. The first kappa shape index (κ1) is 13.3. The number of hydrogen-bond donors (Lipinski definition) is 1. The van der Waals surface area contributed by atoms with Crippen LogP contribution < -0.4 is 0 Å². The molecule has 1 aromatic rings. The van der Waals surface area contributed by atoms with E-state index in [0.717, 1.165) is 0 Å². The minimum Gasteiger partial charge on any atom is -0.478 e. The van der Waals surface area contributed by atoms with E-state index in [1.165, 1.54) is 23.1 Å². The van der Waals surface area contributed by atoms with E-state index in [-0.39, 0.29) is 22.6 Å². The van der Waals surface area contributed by atoms with Crippen molar-refractivity contribution in [2.75, 3.05) is 0 Å². The average molecular weight is 261 g/mol. The van der Waals surface area contributed by atoms with Gasteiger partial charge in [-0.25, -0.2) is 4.79 Å². The number of nitrogens with zero attached hydrogens (tertiary/aromatic N) is 1. The molecule has 0 aromatic heterocycles. The molecule has 1 aromatic carbocycles. The summed E-state index contributed by atoms with van der Waals surface area (Å²) >= 11 is 0. The van der Waals surface area contributed by atoms with Crippen LogP contribution in [0.3, 0.4) is 0 Å². The van der Waals surface area contributed by atoms with Crippen LogP contribution in [-0.4, -0.2) is 33.3 Å². The fraction of sp³-hybridized carbons (Fsp3) is 0.357. The Morgan fingerprint density at radius 3 is 2.32 bits per heavy atom. The molecule has 5 heteroatoms. The molecule has 2 rings (SSSR count). The molecular weight excluding hydrogens is 246 g/mol. The van der Waals surface area contributed by atoms with Gasteiger partial charge in [-0.3, -0.25) is 14.5 Å². The van der Waals surface area contributed by atoms with Gasteiger partial charge in [-0.05, 0) is 38.5 Å². The number of fused-ring (bicyclic) bond motifs is 1. The van der Waals surface area contributed by atoms with Crippen LogP contribution in [0.4, 0.5) is 0 Å². The number of carboxylic acid groups (broad SMARTS) is 1. The zero-order valence-electron chi connectivity index (χ0n) is 11.1. The number of rotatable bonds is 3. The molecule has 1 N–H and O–H groups in total. The third-order valence-electron chi connectivity index (χ3n) is 3.60. The molecule has 0 spiro atoms. The van der Waals surface area contributed by atoms with Gasteiger partial charge in [-0.1, -0.05) is 6.92 Å². The number of imide groups is 1. The maximum Gasteiger partial charge on any atom is 0.335 e. The summed E-state index contributed by atoms with van der Waals surface area (Å²) in [6.07, 6.45) is 0.629. The van der Waals surface area contributed by atoms with E-state index in [0.29, 0.717) is 6.42 Å². The molecule has 0 unspecified atom stereocenters. The second-order valence-electron chi connectivity index (χ2n) is 5.18. The third kappa shape index (κ3) is 1.91. The molecule has 0 saturated heterocycles. The highest BCUT2D eigenvalue weighted by Crippen LogP contribution is 2.31. The van der Waals surface area contributed by atoms with E-state index in [1.807, 2.05) is 20.8 Å². The molecule has 5 nitrogen and oxygen atoms in total. The summed E-state index contributed by atoms with van der Waals surface area (Å²) in [4.78, 5) is 36.7. The lowest BCUT2D eigenvalue weighted by Crippen LogP contribution is -2.47. The van der Waals surface area contributed by atoms with Crippen molar-refractivity contribution in [1.82, 2.24) is 4.90 Å². The Labute approximate surface area is 110 Å². The Morgan fingerprint density at radius 1 is 1.21 bits per heavy atom. The van der Waals surface area contributed by atoms with Gasteiger partial charge in [0.25, 0.3) is 11.8 Å². The smallest absolute Gasteiger partial charge is 0.335 e. The first-order valence-corrected chi connectivity index (χ1v) is 6.06. The highest BCUT2D eigenvalue weighted by atomic mass is 16.4. The number of benzene rings is 1. The quantitative estimate of drug-likeness (QED) is 0.846. The van der Waals surface area contributed by atoms with Crippen LogP contribution in [0.2, 0.25) is 0 Å². The molecule has 0 saturated carbocycles. The Hall–Kier alpha value is -2.17. The lowest BCUT2D eigenvalue weighted by atomic mass is 9.99. The molecule has 19 heavy (non-hydrogen) atoms. The van der Waals surface area contributed by atoms with E-state index in [4.69, 9.17) is 5.11 Å². The van der Waals surface area contributed by atoms with Crippen molar-refractivity contribution in [3.63, 3.8) is 0 Å². The lowest BCUT2D eigenvalue weighted by molar-refractivity contribution is 0.0474. The van der Waals surface area contributed by atoms with Crippen LogP contribution in [0.1, 0.15) is 58.3 Å². The molecule has 0 aliphatic carbocycles. The standard InChI is InChI=1S/C14H15NO4/c1-4-14(2,3)15-11(16)9-6-5-8(13(18)19)7-10(9)12(15)17/h5-7H,4H2,1-3H3,(H,18,19). The predicted molar refractivity (Wildman–Crippen MR) is 68.3 cm³/mol. The normalized spacial score (nSPS) is 14.8. The van der Waals surface area contributed by atoms with Crippen molar-refractivity contribution in [2.24, 2.45) is 0 Å². The van der Waals surface area contributed by atoms with Gasteiger partial charge in [0.15, 0.2) is 0 Å². The maximum atomic E-state index is 12.3. The van der Waals surface area contributed by atoms with Gasteiger partial charge < -0.3 is 5.11 Å². The number of carboxylic acids is 1. The summed E-state index contributed by atoms with van der Waals surface area (Å²) < 4.78 is 0. The summed E-state index contributed by atoms with van der Waals surface area (Å²) in [6, 6.07) is 4.02. The number of hydrogen-bond acceptors (Lipinski definition) is 3. The van der Waals surface area contributed by atoms with Crippen LogP contribution in [0.5, 0.6) is 0 Å². The zero-order chi connectivity index (χ0) is 14.4. The largest absolute Gasteiger partial charge is 0.478 e. The van der Waals surface area contributed by atoms with E-state index in [9.17, 15) is 14.4 Å². The van der Waals surface area contributed by atoms with Gasteiger partial charge in [0.2, 0.25) is 0 Å². The first-order valence-electron chi connectivity index (χ1n) is 6.06. The fourth-order valence-electron chi connectivity index (χ4n) is 2.08. The van der Waals surface area contributed by atoms with E-state index in [2.05, 4.69) is 0 Å². The lowest BCUT2D eigenvalue weighted by Gasteiger charge is -2.32. The van der Waals surface area contributed by atoms with Crippen LogP contribution >= 0.6 is 0 Å². The second-order valence-corrected chi connectivity index (χ2v) is 5.18. The summed E-state index contributed by atoms with van der Waals surface area (Å²) in [5.41, 5.74) is -0.129. The van der Waals surface area contributed by atoms with Gasteiger partial charge in [0.1, 0.15) is 0 Å². The molecule has 2 amide bonds. The van der Waals surface area contributed by atoms with E-state index < -0.39 is 17.4 Å². The van der Waals surface area contributed by atoms with Crippen molar-refractivity contribution >= 4 is 17.8 Å². The number of amides is 2. The molecule has 0 atom stereocenters. The molecule has 1 heterocycles. The minimum atomic E-state index is -1.11. The van der Waals surface area contributed by atoms with Crippen molar-refractivity contribution in [3.8, 4) is 0 Å². The van der Waals surface area contributed by atoms with Crippen molar-refractivity contribution in [2.45, 2.75) is 32.7 Å². The summed E-state index contributed by atoms with van der Waals surface area (Å²) in [7, 11) is 0. The van der Waals surface area contributed by atoms with E-state index in [1.54, 1.807) is 0 Å². The molecule has 100 valence electrons. The van der Waals surface area contributed by atoms with Gasteiger partial charge in [0, 0.05) is 5.54 Å². The Morgan fingerprint density at radius 2 is 1.79 bits per heavy atom. The number of aromatic carboxylic acids is 1. The maximum absolute atomic E-state index is 12.3. The molecule has 1 aliphatic rings. The first-order chi connectivity index (χ1) is 8.79. The fourth-order valence-corrected chi connectivity index (χ4v) is 2.08. The summed E-state index contributed by atoms with van der Waals surface area (Å²) in [5.74, 6) is -1.89. The predicted octanol–water partition coefficient (Wildman–Crippen LogP) is 2.17. The summed E-state index contributed by atoms with van der Waals surface area (Å²) in [5, 5.41) is 8.93. The molecule has 0 radical (unpaired) electrons. The highest BCUT2D eigenvalue weighted by molar-refractivity contribution is 6.22. The molecule has 1 aliphatic heterocycles. The Bertz CT molecular complexity index is 589. The van der Waals surface area contributed by atoms with Gasteiger partial charge in [-0.2, -0.15) is 0 Å². The van der Waals surface area contributed by atoms with Gasteiger partial charge in [-0.15, -0.1) is 0 Å². The minimum absolute atomic E-state index is 0.0102. The SMILES string of the molecule is CCC(C)(C)N1C(=O)c2ccc(C(=O)O)cc2C1=O. The topological polar surface area (TPSA) is 74.7 Å². The monoisotopic (exact) mass is 261 g/mol. The Kier molecular flexibility index (Phi) is 2.92. The van der Waals surface area contributed by atoms with Crippen LogP contribution in [0.25, 0.3) is 0 Å². The van der Waals surface area contributed by atoms with Crippen LogP contribution in [0, 0.1) is 0 Å². The molecule has 0 fully saturated rings. The van der Waals surface area contributed by atoms with Crippen LogP contribution in [0.15, 0.2) is 18.2 Å². The third-order valence-corrected chi connectivity index (χ3v) is 3.60. The van der Waals surface area contributed by atoms with Gasteiger partial charge >= 0.3 is 5.97 Å². The second kappa shape index (κ2) is 4.19. The van der Waals surface area contributed by atoms with Crippen molar-refractivity contribution in [1.29, 1.82) is 0 Å². The van der Waals surface area contributed by atoms with Crippen molar-refractivity contribution in [3.05, 3.63) is 34.9 Å². The van der Waals surface area contributed by atoms with Crippen molar-refractivity contribution < 1.29 is 19.5 Å². The van der Waals surface area contributed by atoms with Crippen LogP contribution in [-0.2, 0) is 0 Å². The molecular formula is C14H15NO4. The van der Waals surface area contributed by atoms with E-state index >= 15 is 0 Å². The number of carbonyl (C=O) groups is 3.